The van der Waals surface area contributed by atoms with Crippen LogP contribution in [-0.4, -0.2) is 72.7 Å². The van der Waals surface area contributed by atoms with Crippen LogP contribution >= 0.6 is 0 Å². The van der Waals surface area contributed by atoms with Gasteiger partial charge in [-0.25, -0.2) is 0 Å². The molecule has 1 N–H and O–H groups in total. The van der Waals surface area contributed by atoms with Crippen molar-refractivity contribution in [2.45, 2.75) is 44.2 Å². The van der Waals surface area contributed by atoms with Crippen molar-refractivity contribution in [3.63, 3.8) is 0 Å². The lowest BCUT2D eigenvalue weighted by Gasteiger charge is -2.49. The van der Waals surface area contributed by atoms with Crippen molar-refractivity contribution in [1.29, 1.82) is 0 Å². The standard InChI is InChI=1S/C20H33N3O/c1-4-22(3)20(17-6-5-7-19(24)16-17)10-8-18(9-11-20)23-14-12-21(2)13-15-23/h5-7,16,18,24H,4,8-15H2,1-3H3. The molecule has 1 saturated heterocycles. The summed E-state index contributed by atoms with van der Waals surface area (Å²) in [5.41, 5.74) is 1.36. The van der Waals surface area contributed by atoms with Crippen molar-refractivity contribution in [1.82, 2.24) is 14.7 Å². The molecule has 4 heteroatoms. The Morgan fingerprint density at radius 3 is 2.42 bits per heavy atom. The van der Waals surface area contributed by atoms with Crippen LogP contribution in [0.3, 0.4) is 0 Å². The van der Waals surface area contributed by atoms with Crippen LogP contribution < -0.4 is 0 Å². The van der Waals surface area contributed by atoms with E-state index in [-0.39, 0.29) is 5.54 Å². The molecule has 0 aromatic heterocycles. The lowest BCUT2D eigenvalue weighted by Crippen LogP contribution is -2.53. The third kappa shape index (κ3) is 3.46. The van der Waals surface area contributed by atoms with Gasteiger partial charge in [0.05, 0.1) is 0 Å². The minimum atomic E-state index is 0.0799. The van der Waals surface area contributed by atoms with E-state index in [1.54, 1.807) is 6.07 Å². The van der Waals surface area contributed by atoms with Gasteiger partial charge in [-0.05, 0) is 64.0 Å². The lowest BCUT2D eigenvalue weighted by molar-refractivity contribution is 0.0222. The van der Waals surface area contributed by atoms with Gasteiger partial charge in [-0.3, -0.25) is 9.80 Å². The fraction of sp³-hybridized carbons (Fsp3) is 0.700. The largest absolute Gasteiger partial charge is 0.508 e. The van der Waals surface area contributed by atoms with Crippen molar-refractivity contribution >= 4 is 0 Å². The third-order valence-corrected chi connectivity index (χ3v) is 6.43. The van der Waals surface area contributed by atoms with E-state index in [0.717, 1.165) is 12.6 Å². The molecule has 3 rings (SSSR count). The van der Waals surface area contributed by atoms with Gasteiger partial charge in [-0.1, -0.05) is 19.1 Å². The van der Waals surface area contributed by atoms with Gasteiger partial charge in [0.1, 0.15) is 5.75 Å². The maximum Gasteiger partial charge on any atom is 0.115 e. The molecule has 1 aromatic carbocycles. The molecule has 0 atom stereocenters. The summed E-state index contributed by atoms with van der Waals surface area (Å²) in [5.74, 6) is 0.387. The molecule has 1 aliphatic carbocycles. The number of hydrogen-bond acceptors (Lipinski definition) is 4. The van der Waals surface area contributed by atoms with E-state index in [4.69, 9.17) is 0 Å². The van der Waals surface area contributed by atoms with E-state index in [1.165, 1.54) is 57.4 Å². The highest BCUT2D eigenvalue weighted by Gasteiger charge is 2.41. The minimum Gasteiger partial charge on any atom is -0.508 e. The molecular formula is C20H33N3O. The molecule has 0 radical (unpaired) electrons. The number of likely N-dealkylation sites (N-methyl/N-ethyl adjacent to an activating group) is 1. The second-order valence-electron chi connectivity index (χ2n) is 7.67. The average molecular weight is 332 g/mol. The van der Waals surface area contributed by atoms with Gasteiger partial charge in [0.15, 0.2) is 0 Å². The molecule has 1 saturated carbocycles. The number of phenols is 1. The molecule has 4 nitrogen and oxygen atoms in total. The van der Waals surface area contributed by atoms with Gasteiger partial charge >= 0.3 is 0 Å². The van der Waals surface area contributed by atoms with Crippen LogP contribution in [0.5, 0.6) is 5.75 Å². The molecule has 0 bridgehead atoms. The van der Waals surface area contributed by atoms with Gasteiger partial charge in [0.2, 0.25) is 0 Å². The number of nitrogens with zero attached hydrogens (tertiary/aromatic N) is 3. The molecule has 1 aliphatic heterocycles. The smallest absolute Gasteiger partial charge is 0.115 e. The number of rotatable bonds is 4. The number of phenolic OH excluding ortho intramolecular Hbond substituents is 1. The van der Waals surface area contributed by atoms with E-state index in [0.29, 0.717) is 5.75 Å². The zero-order valence-electron chi connectivity index (χ0n) is 15.5. The Morgan fingerprint density at radius 2 is 1.83 bits per heavy atom. The highest BCUT2D eigenvalue weighted by atomic mass is 16.3. The zero-order chi connectivity index (χ0) is 17.2. The highest BCUT2D eigenvalue weighted by Crippen LogP contribution is 2.43. The van der Waals surface area contributed by atoms with Crippen LogP contribution in [0.25, 0.3) is 0 Å². The van der Waals surface area contributed by atoms with Crippen molar-refractivity contribution in [2.24, 2.45) is 0 Å². The molecule has 2 fully saturated rings. The number of hydrogen-bond donors (Lipinski definition) is 1. The predicted octanol–water partition coefficient (Wildman–Crippen LogP) is 2.73. The topological polar surface area (TPSA) is 30.0 Å². The van der Waals surface area contributed by atoms with Crippen molar-refractivity contribution < 1.29 is 5.11 Å². The van der Waals surface area contributed by atoms with Crippen LogP contribution in [0.1, 0.15) is 38.2 Å². The van der Waals surface area contributed by atoms with Crippen LogP contribution in [0.2, 0.25) is 0 Å². The first kappa shape index (κ1) is 17.7. The molecule has 0 spiro atoms. The van der Waals surface area contributed by atoms with Crippen LogP contribution in [0.15, 0.2) is 24.3 Å². The molecule has 0 amide bonds. The van der Waals surface area contributed by atoms with Crippen molar-refractivity contribution in [2.75, 3.05) is 46.8 Å². The number of piperazine rings is 1. The Bertz CT molecular complexity index is 531. The van der Waals surface area contributed by atoms with E-state index in [9.17, 15) is 5.11 Å². The number of aromatic hydroxyl groups is 1. The van der Waals surface area contributed by atoms with Crippen LogP contribution in [-0.2, 0) is 5.54 Å². The molecule has 0 unspecified atom stereocenters. The van der Waals surface area contributed by atoms with E-state index in [1.807, 2.05) is 12.1 Å². The van der Waals surface area contributed by atoms with E-state index in [2.05, 4.69) is 41.8 Å². The first-order valence-corrected chi connectivity index (χ1v) is 9.48. The van der Waals surface area contributed by atoms with Crippen LogP contribution in [0.4, 0.5) is 0 Å². The monoisotopic (exact) mass is 331 g/mol. The Morgan fingerprint density at radius 1 is 1.17 bits per heavy atom. The molecular weight excluding hydrogens is 298 g/mol. The maximum atomic E-state index is 9.96. The fourth-order valence-corrected chi connectivity index (χ4v) is 4.62. The second kappa shape index (κ2) is 7.42. The second-order valence-corrected chi connectivity index (χ2v) is 7.67. The summed E-state index contributed by atoms with van der Waals surface area (Å²) >= 11 is 0. The van der Waals surface area contributed by atoms with E-state index < -0.39 is 0 Å². The maximum absolute atomic E-state index is 9.96. The fourth-order valence-electron chi connectivity index (χ4n) is 4.62. The summed E-state index contributed by atoms with van der Waals surface area (Å²) in [6.45, 7) is 8.09. The summed E-state index contributed by atoms with van der Waals surface area (Å²) in [4.78, 5) is 7.63. The lowest BCUT2D eigenvalue weighted by atomic mass is 9.73. The summed E-state index contributed by atoms with van der Waals surface area (Å²) in [6, 6.07) is 8.67. The van der Waals surface area contributed by atoms with Gasteiger partial charge in [0, 0.05) is 37.8 Å². The van der Waals surface area contributed by atoms with Crippen LogP contribution in [0, 0.1) is 0 Å². The average Bonchev–Trinajstić information content (AvgIpc) is 2.62. The SMILES string of the molecule is CCN(C)C1(c2cccc(O)c2)CCC(N2CCN(C)CC2)CC1. The molecule has 1 heterocycles. The Balaban J connectivity index is 1.74. The van der Waals surface area contributed by atoms with Crippen molar-refractivity contribution in [3.8, 4) is 5.75 Å². The van der Waals surface area contributed by atoms with Gasteiger partial charge in [-0.2, -0.15) is 0 Å². The summed E-state index contributed by atoms with van der Waals surface area (Å²) < 4.78 is 0. The Hall–Kier alpha value is -1.10. The molecule has 24 heavy (non-hydrogen) atoms. The van der Waals surface area contributed by atoms with E-state index >= 15 is 0 Å². The summed E-state index contributed by atoms with van der Waals surface area (Å²) in [7, 11) is 4.46. The molecule has 1 aromatic rings. The molecule has 134 valence electrons. The zero-order valence-corrected chi connectivity index (χ0v) is 15.5. The first-order chi connectivity index (χ1) is 11.5. The summed E-state index contributed by atoms with van der Waals surface area (Å²) in [6.07, 6.45) is 4.86. The minimum absolute atomic E-state index is 0.0799. The van der Waals surface area contributed by atoms with Gasteiger partial charge in [-0.15, -0.1) is 0 Å². The highest BCUT2D eigenvalue weighted by molar-refractivity contribution is 5.33. The number of benzene rings is 1. The first-order valence-electron chi connectivity index (χ1n) is 9.48. The summed E-state index contributed by atoms with van der Waals surface area (Å²) in [5, 5.41) is 9.96. The Labute approximate surface area is 147 Å². The third-order valence-electron chi connectivity index (χ3n) is 6.43. The quantitative estimate of drug-likeness (QED) is 0.919. The predicted molar refractivity (Wildman–Crippen MR) is 99.4 cm³/mol. The Kier molecular flexibility index (Phi) is 5.48. The van der Waals surface area contributed by atoms with Gasteiger partial charge in [0.25, 0.3) is 0 Å². The van der Waals surface area contributed by atoms with Crippen molar-refractivity contribution in [3.05, 3.63) is 29.8 Å². The van der Waals surface area contributed by atoms with Gasteiger partial charge < -0.3 is 10.0 Å². The molecule has 2 aliphatic rings. The normalized spacial score (nSPS) is 29.9.